The molecule has 1 aliphatic rings. The van der Waals surface area contributed by atoms with Crippen molar-refractivity contribution in [1.29, 1.82) is 0 Å². The number of carbonyl (C=O) groups excluding carboxylic acids is 1. The molecule has 3 rings (SSSR count). The van der Waals surface area contributed by atoms with Crippen LogP contribution in [0.1, 0.15) is 40.4 Å². The predicted octanol–water partition coefficient (Wildman–Crippen LogP) is 4.26. The fourth-order valence-corrected chi connectivity index (χ4v) is 3.90. The van der Waals surface area contributed by atoms with Crippen LogP contribution in [0.4, 0.5) is 0 Å². The average Bonchev–Trinajstić information content (AvgIpc) is 3.27. The van der Waals surface area contributed by atoms with Crippen LogP contribution < -0.4 is 0 Å². The topological polar surface area (TPSA) is 55.1 Å². The van der Waals surface area contributed by atoms with E-state index < -0.39 is 0 Å². The van der Waals surface area contributed by atoms with Gasteiger partial charge in [0, 0.05) is 23.4 Å². The Morgan fingerprint density at radius 1 is 1.41 bits per heavy atom. The van der Waals surface area contributed by atoms with E-state index in [1.54, 1.807) is 19.2 Å². The highest BCUT2D eigenvalue weighted by Crippen LogP contribution is 2.44. The maximum atomic E-state index is 12.9. The van der Waals surface area contributed by atoms with E-state index in [9.17, 15) is 9.90 Å². The Balaban J connectivity index is 2.13. The number of hydrogen-bond acceptors (Lipinski definition) is 4. The fraction of sp³-hybridized carbons (Fsp3) is 0.333. The van der Waals surface area contributed by atoms with Crippen LogP contribution in [0.25, 0.3) is 0 Å². The van der Waals surface area contributed by atoms with Crippen molar-refractivity contribution in [3.05, 3.63) is 39.0 Å². The van der Waals surface area contributed by atoms with Crippen molar-refractivity contribution in [2.24, 2.45) is 7.05 Å². The van der Waals surface area contributed by atoms with Crippen molar-refractivity contribution in [2.75, 3.05) is 6.26 Å². The molecule has 0 unspecified atom stereocenters. The number of ketones is 1. The number of aryl methyl sites for hydroxylation is 1. The Bertz CT molecular complexity index is 769. The number of carbonyl (C=O) groups is 1. The first kappa shape index (κ1) is 15.7. The lowest BCUT2D eigenvalue weighted by molar-refractivity contribution is 0.103. The quantitative estimate of drug-likeness (QED) is 0.656. The summed E-state index contributed by atoms with van der Waals surface area (Å²) in [6.45, 7) is 0. The molecule has 2 aromatic rings. The van der Waals surface area contributed by atoms with Gasteiger partial charge in [-0.25, -0.2) is 4.68 Å². The van der Waals surface area contributed by atoms with Crippen LogP contribution >= 0.6 is 35.0 Å². The van der Waals surface area contributed by atoms with Gasteiger partial charge >= 0.3 is 0 Å². The molecule has 1 N–H and O–H groups in total. The molecule has 1 saturated carbocycles. The Labute approximate surface area is 142 Å². The molecule has 1 aromatic heterocycles. The zero-order chi connectivity index (χ0) is 16.0. The third-order valence-corrected chi connectivity index (χ3v) is 5.50. The molecule has 0 aliphatic heterocycles. The first-order chi connectivity index (χ1) is 10.5. The molecule has 0 saturated heterocycles. The van der Waals surface area contributed by atoms with Gasteiger partial charge in [-0.15, -0.1) is 11.8 Å². The molecular weight excluding hydrogens is 343 g/mol. The van der Waals surface area contributed by atoms with E-state index in [0.717, 1.165) is 12.8 Å². The third-order valence-electron chi connectivity index (χ3n) is 3.73. The van der Waals surface area contributed by atoms with Gasteiger partial charge in [-0.3, -0.25) is 4.79 Å². The Hall–Kier alpha value is -1.17. The van der Waals surface area contributed by atoms with E-state index >= 15 is 0 Å². The van der Waals surface area contributed by atoms with Crippen molar-refractivity contribution in [3.8, 4) is 5.88 Å². The number of aromatic hydroxyl groups is 1. The predicted molar refractivity (Wildman–Crippen MR) is 88.5 cm³/mol. The molecule has 0 spiro atoms. The minimum atomic E-state index is -0.315. The highest BCUT2D eigenvalue weighted by atomic mass is 35.5. The van der Waals surface area contributed by atoms with Crippen LogP contribution in [0.3, 0.4) is 0 Å². The van der Waals surface area contributed by atoms with Gasteiger partial charge < -0.3 is 5.11 Å². The molecule has 1 heterocycles. The van der Waals surface area contributed by atoms with Crippen molar-refractivity contribution >= 4 is 40.7 Å². The third kappa shape index (κ3) is 2.51. The second kappa shape index (κ2) is 5.80. The molecule has 116 valence electrons. The molecule has 0 amide bonds. The van der Waals surface area contributed by atoms with E-state index in [4.69, 9.17) is 23.2 Å². The van der Waals surface area contributed by atoms with Crippen molar-refractivity contribution in [3.63, 3.8) is 0 Å². The minimum absolute atomic E-state index is 0.122. The monoisotopic (exact) mass is 356 g/mol. The standard InChI is InChI=1S/C15H14Cl2N2O2S/c1-19-15(21)10(12(18-19)7-3-4-7)13(20)8-5-6-9(16)14(22-2)11(8)17/h5-7,21H,3-4H2,1-2H3. The number of rotatable bonds is 4. The number of benzene rings is 1. The zero-order valence-corrected chi connectivity index (χ0v) is 14.4. The molecule has 1 aliphatic carbocycles. The summed E-state index contributed by atoms with van der Waals surface area (Å²) in [7, 11) is 1.62. The van der Waals surface area contributed by atoms with Gasteiger partial charge in [0.05, 0.1) is 15.7 Å². The number of aromatic nitrogens is 2. The number of thioether (sulfide) groups is 1. The van der Waals surface area contributed by atoms with Gasteiger partial charge in [0.25, 0.3) is 0 Å². The highest BCUT2D eigenvalue weighted by molar-refractivity contribution is 7.98. The van der Waals surface area contributed by atoms with E-state index in [2.05, 4.69) is 5.10 Å². The summed E-state index contributed by atoms with van der Waals surface area (Å²) in [4.78, 5) is 13.5. The summed E-state index contributed by atoms with van der Waals surface area (Å²) in [5, 5.41) is 15.3. The first-order valence-corrected chi connectivity index (χ1v) is 8.76. The molecule has 0 atom stereocenters. The lowest BCUT2D eigenvalue weighted by Gasteiger charge is -2.09. The van der Waals surface area contributed by atoms with Crippen molar-refractivity contribution in [1.82, 2.24) is 9.78 Å². The molecule has 0 bridgehead atoms. The van der Waals surface area contributed by atoms with Gasteiger partial charge in [0.1, 0.15) is 5.56 Å². The summed E-state index contributed by atoms with van der Waals surface area (Å²) >= 11 is 13.8. The van der Waals surface area contributed by atoms with Gasteiger partial charge in [-0.05, 0) is 31.2 Å². The fourth-order valence-electron chi connectivity index (χ4n) is 2.43. The normalized spacial score (nSPS) is 14.4. The lowest BCUT2D eigenvalue weighted by Crippen LogP contribution is -2.05. The van der Waals surface area contributed by atoms with Crippen molar-refractivity contribution in [2.45, 2.75) is 23.7 Å². The SMILES string of the molecule is CSc1c(Cl)ccc(C(=O)c2c(C3CC3)nn(C)c2O)c1Cl. The van der Waals surface area contributed by atoms with Crippen LogP contribution in [-0.4, -0.2) is 26.9 Å². The largest absolute Gasteiger partial charge is 0.493 e. The van der Waals surface area contributed by atoms with Crippen LogP contribution in [0, 0.1) is 0 Å². The zero-order valence-electron chi connectivity index (χ0n) is 12.1. The van der Waals surface area contributed by atoms with E-state index in [0.29, 0.717) is 26.2 Å². The minimum Gasteiger partial charge on any atom is -0.493 e. The van der Waals surface area contributed by atoms with E-state index in [1.165, 1.54) is 16.4 Å². The highest BCUT2D eigenvalue weighted by Gasteiger charge is 2.35. The first-order valence-electron chi connectivity index (χ1n) is 6.78. The van der Waals surface area contributed by atoms with Crippen LogP contribution in [0.15, 0.2) is 17.0 Å². The lowest BCUT2D eigenvalue weighted by atomic mass is 10.0. The van der Waals surface area contributed by atoms with Gasteiger partial charge in [0.15, 0.2) is 0 Å². The van der Waals surface area contributed by atoms with E-state index in [-0.39, 0.29) is 23.1 Å². The summed E-state index contributed by atoms with van der Waals surface area (Å²) in [5.74, 6) is -0.190. The summed E-state index contributed by atoms with van der Waals surface area (Å²) < 4.78 is 1.33. The Kier molecular flexibility index (Phi) is 4.14. The number of nitrogens with zero attached hydrogens (tertiary/aromatic N) is 2. The molecule has 0 radical (unpaired) electrons. The summed E-state index contributed by atoms with van der Waals surface area (Å²) in [6.07, 6.45) is 3.82. The summed E-state index contributed by atoms with van der Waals surface area (Å²) in [5.41, 5.74) is 1.24. The van der Waals surface area contributed by atoms with E-state index in [1.807, 2.05) is 6.26 Å². The Morgan fingerprint density at radius 3 is 2.68 bits per heavy atom. The molecule has 1 aromatic carbocycles. The molecule has 1 fully saturated rings. The molecular formula is C15H14Cl2N2O2S. The summed E-state index contributed by atoms with van der Waals surface area (Å²) in [6, 6.07) is 3.24. The number of halogens is 2. The van der Waals surface area contributed by atoms with Gasteiger partial charge in [0.2, 0.25) is 11.7 Å². The molecule has 4 nitrogen and oxygen atoms in total. The Morgan fingerprint density at radius 2 is 2.09 bits per heavy atom. The maximum Gasteiger partial charge on any atom is 0.220 e. The average molecular weight is 357 g/mol. The smallest absolute Gasteiger partial charge is 0.220 e. The van der Waals surface area contributed by atoms with Crippen LogP contribution in [0.2, 0.25) is 10.0 Å². The molecule has 22 heavy (non-hydrogen) atoms. The van der Waals surface area contributed by atoms with Crippen LogP contribution in [-0.2, 0) is 7.05 Å². The second-order valence-electron chi connectivity index (χ2n) is 5.25. The second-order valence-corrected chi connectivity index (χ2v) is 6.85. The molecule has 7 heteroatoms. The van der Waals surface area contributed by atoms with Gasteiger partial charge in [-0.1, -0.05) is 23.2 Å². The van der Waals surface area contributed by atoms with Crippen molar-refractivity contribution < 1.29 is 9.90 Å². The number of hydrogen-bond donors (Lipinski definition) is 1. The van der Waals surface area contributed by atoms with Gasteiger partial charge in [-0.2, -0.15) is 5.10 Å². The van der Waals surface area contributed by atoms with Crippen LogP contribution in [0.5, 0.6) is 5.88 Å². The maximum absolute atomic E-state index is 12.9.